The molecular weight excluding hydrogens is 1330 g/mol. The van der Waals surface area contributed by atoms with Crippen molar-refractivity contribution in [1.29, 1.82) is 0 Å². The number of thiophene rings is 2. The molecule has 4 nitrogen and oxygen atoms in total. The Bertz CT molecular complexity index is 7380. The minimum atomic E-state index is 0.836. The molecule has 18 aromatic carbocycles. The highest BCUT2D eigenvalue weighted by molar-refractivity contribution is 7.26. The summed E-state index contributed by atoms with van der Waals surface area (Å²) in [6.45, 7) is 0. The summed E-state index contributed by atoms with van der Waals surface area (Å²) in [5.74, 6) is 0. The van der Waals surface area contributed by atoms with Crippen molar-refractivity contribution in [3.05, 3.63) is 364 Å². The fraction of sp³-hybridized carbons (Fsp3) is 0. The minimum absolute atomic E-state index is 0.836. The van der Waals surface area contributed by atoms with Gasteiger partial charge in [0.25, 0.3) is 0 Å². The molecule has 4 heterocycles. The van der Waals surface area contributed by atoms with Gasteiger partial charge >= 0.3 is 0 Å². The van der Waals surface area contributed by atoms with Gasteiger partial charge in [-0.15, -0.1) is 22.7 Å². The van der Waals surface area contributed by atoms with Gasteiger partial charge in [-0.25, -0.2) is 0 Å². The first-order valence-corrected chi connectivity index (χ1v) is 37.7. The predicted molar refractivity (Wildman–Crippen MR) is 453 cm³/mol. The number of para-hydroxylation sites is 3. The van der Waals surface area contributed by atoms with Gasteiger partial charge in [-0.2, -0.15) is 0 Å². The highest BCUT2D eigenvalue weighted by Gasteiger charge is 2.29. The number of rotatable bonds is 11. The molecule has 22 rings (SSSR count). The van der Waals surface area contributed by atoms with Crippen LogP contribution in [-0.4, -0.2) is 0 Å². The molecule has 106 heavy (non-hydrogen) atoms. The molecule has 0 amide bonds. The average molecular weight is 1390 g/mol. The van der Waals surface area contributed by atoms with Crippen LogP contribution in [0.15, 0.2) is 373 Å². The molecule has 0 aliphatic heterocycles. The Kier molecular flexibility index (Phi) is 13.7. The van der Waals surface area contributed by atoms with Crippen molar-refractivity contribution in [2.45, 2.75) is 0 Å². The summed E-state index contributed by atoms with van der Waals surface area (Å²) < 4.78 is 18.6. The summed E-state index contributed by atoms with van der Waals surface area (Å²) in [5, 5.41) is 18.8. The molecule has 22 aromatic rings. The van der Waals surface area contributed by atoms with E-state index in [1.165, 1.54) is 83.8 Å². The van der Waals surface area contributed by atoms with Crippen molar-refractivity contribution >= 4 is 184 Å². The Morgan fingerprint density at radius 3 is 1.42 bits per heavy atom. The molecule has 0 saturated carbocycles. The van der Waals surface area contributed by atoms with E-state index in [1.807, 2.05) is 28.7 Å². The van der Waals surface area contributed by atoms with Gasteiger partial charge in [-0.1, -0.05) is 273 Å². The van der Waals surface area contributed by atoms with Crippen LogP contribution < -0.4 is 9.80 Å². The summed E-state index contributed by atoms with van der Waals surface area (Å²) in [5.41, 5.74) is 21.2. The van der Waals surface area contributed by atoms with Crippen LogP contribution >= 0.6 is 22.7 Å². The zero-order valence-electron chi connectivity index (χ0n) is 57.2. The van der Waals surface area contributed by atoms with Crippen LogP contribution in [0.5, 0.6) is 0 Å². The second-order valence-electron chi connectivity index (χ2n) is 27.7. The van der Waals surface area contributed by atoms with E-state index in [4.69, 9.17) is 8.83 Å². The third-order valence-corrected chi connectivity index (χ3v) is 24.1. The van der Waals surface area contributed by atoms with Crippen LogP contribution in [0.3, 0.4) is 0 Å². The molecule has 0 aliphatic rings. The zero-order valence-corrected chi connectivity index (χ0v) is 58.8. The van der Waals surface area contributed by atoms with E-state index in [-0.39, 0.29) is 0 Å². The van der Waals surface area contributed by atoms with Crippen molar-refractivity contribution in [1.82, 2.24) is 0 Å². The van der Waals surface area contributed by atoms with Gasteiger partial charge in [0.1, 0.15) is 16.7 Å². The van der Waals surface area contributed by atoms with Crippen LogP contribution in [0.1, 0.15) is 0 Å². The molecule has 0 bridgehead atoms. The summed E-state index contributed by atoms with van der Waals surface area (Å²) >= 11 is 3.72. The van der Waals surface area contributed by atoms with Crippen LogP contribution in [0, 0.1) is 0 Å². The van der Waals surface area contributed by atoms with E-state index >= 15 is 0 Å². The lowest BCUT2D eigenvalue weighted by Gasteiger charge is -2.31. The lowest BCUT2D eigenvalue weighted by atomic mass is 9.88. The lowest BCUT2D eigenvalue weighted by Crippen LogP contribution is -2.13. The van der Waals surface area contributed by atoms with E-state index in [1.54, 1.807) is 0 Å². The van der Waals surface area contributed by atoms with Crippen molar-refractivity contribution < 1.29 is 8.83 Å². The maximum Gasteiger partial charge on any atom is 0.159 e. The molecule has 0 atom stereocenters. The summed E-state index contributed by atoms with van der Waals surface area (Å²) in [6, 6.07) is 134. The Hall–Kier alpha value is -13.4. The number of nitrogens with zero attached hydrogens (tertiary/aromatic N) is 2. The first-order valence-electron chi connectivity index (χ1n) is 36.1. The number of anilines is 6. The second kappa shape index (κ2) is 24.1. The van der Waals surface area contributed by atoms with Crippen molar-refractivity contribution in [3.8, 4) is 55.6 Å². The van der Waals surface area contributed by atoms with E-state index in [9.17, 15) is 0 Å². The van der Waals surface area contributed by atoms with E-state index < -0.39 is 0 Å². The van der Waals surface area contributed by atoms with E-state index in [0.717, 1.165) is 133 Å². The second-order valence-corrected chi connectivity index (χ2v) is 29.8. The number of hydrogen-bond donors (Lipinski definition) is 0. The smallest absolute Gasteiger partial charge is 0.159 e. The molecule has 0 saturated heterocycles. The Morgan fingerprint density at radius 2 is 0.670 bits per heavy atom. The lowest BCUT2D eigenvalue weighted by molar-refractivity contribution is 0.668. The standard InChI is InChI=1S/C100H60N2O2S2/c1-2-23-61(24-3-1)95-80-38-8-4-31-72(80)75-34-7-11-41-83(75)98(95)102(88-45-22-43-84-76-35-12-16-47-90(76)104-99(84)88)69-30-20-27-66(57-69)71-42-21-44-85-87-58-64(50-54-93(87)106-100(71)85)62-25-18-28-67(55-62)96-81-39-9-5-32-73(81)74-33-6-10-40-82(74)97(96)101(70-51-53-91-86(60-70)77-36-13-15-46-89(77)103-91)68-29-19-26-63(56-68)65-49-52-79-78-37-14-17-48-92(78)105-94(79)59-65/h1-60H. The van der Waals surface area contributed by atoms with Gasteiger partial charge in [-0.05, 0) is 168 Å². The van der Waals surface area contributed by atoms with Crippen molar-refractivity contribution in [2.75, 3.05) is 9.80 Å². The number of hydrogen-bond acceptors (Lipinski definition) is 6. The molecule has 4 aromatic heterocycles. The third-order valence-electron chi connectivity index (χ3n) is 21.8. The molecule has 0 radical (unpaired) electrons. The normalized spacial score (nSPS) is 12.0. The fourth-order valence-corrected chi connectivity index (χ4v) is 19.4. The Labute approximate surface area is 618 Å². The molecule has 494 valence electrons. The SMILES string of the molecule is c1ccc(-c2c(N(c3cccc(-c4cccc5c4sc4ccc(-c6cccc(-c7c(N(c8cccc(-c9ccc%10c(c9)sc9ccccc9%10)c8)c8ccc9oc%10ccccc%10c9c8)c8ccccc8c8ccccc78)c6)cc45)c3)c3cccc4c3oc3ccccc34)c3ccccc3c3ccccc23)cc1. The first kappa shape index (κ1) is 60.2. The van der Waals surface area contributed by atoms with Crippen molar-refractivity contribution in [2.24, 2.45) is 0 Å². The summed E-state index contributed by atoms with van der Waals surface area (Å²) in [4.78, 5) is 4.99. The highest BCUT2D eigenvalue weighted by Crippen LogP contribution is 2.55. The topological polar surface area (TPSA) is 32.8 Å². The molecule has 0 unspecified atom stereocenters. The molecule has 0 aliphatic carbocycles. The van der Waals surface area contributed by atoms with Gasteiger partial charge in [0.2, 0.25) is 0 Å². The molecule has 0 spiro atoms. The van der Waals surface area contributed by atoms with E-state index in [2.05, 4.69) is 368 Å². The highest BCUT2D eigenvalue weighted by atomic mass is 32.1. The van der Waals surface area contributed by atoms with Gasteiger partial charge in [-0.3, -0.25) is 0 Å². The van der Waals surface area contributed by atoms with E-state index in [0.29, 0.717) is 0 Å². The average Bonchev–Trinajstić information content (AvgIpc) is 0.969. The Balaban J connectivity index is 0.707. The fourth-order valence-electron chi connectivity index (χ4n) is 17.1. The number of furan rings is 2. The summed E-state index contributed by atoms with van der Waals surface area (Å²) in [7, 11) is 0. The minimum Gasteiger partial charge on any atom is -0.456 e. The third kappa shape index (κ3) is 9.52. The first-order chi connectivity index (χ1) is 52.6. The number of fused-ring (bicyclic) bond motifs is 18. The van der Waals surface area contributed by atoms with Crippen LogP contribution in [-0.2, 0) is 0 Å². The predicted octanol–water partition coefficient (Wildman–Crippen LogP) is 30.1. The quantitative estimate of drug-likeness (QED) is 0.121. The van der Waals surface area contributed by atoms with Crippen LogP contribution in [0.25, 0.3) is 183 Å². The monoisotopic (exact) mass is 1380 g/mol. The Morgan fingerprint density at radius 1 is 0.208 bits per heavy atom. The molecular formula is C100H60N2O2S2. The van der Waals surface area contributed by atoms with Gasteiger partial charge in [0, 0.05) is 101 Å². The van der Waals surface area contributed by atoms with Crippen molar-refractivity contribution in [3.63, 3.8) is 0 Å². The molecule has 0 N–H and O–H groups in total. The van der Waals surface area contributed by atoms with Crippen LogP contribution in [0.4, 0.5) is 34.1 Å². The van der Waals surface area contributed by atoms with Gasteiger partial charge in [0.15, 0.2) is 5.58 Å². The summed E-state index contributed by atoms with van der Waals surface area (Å²) in [6.07, 6.45) is 0. The largest absolute Gasteiger partial charge is 0.456 e. The molecule has 6 heteroatoms. The van der Waals surface area contributed by atoms with Gasteiger partial charge in [0.05, 0.1) is 17.1 Å². The molecule has 0 fully saturated rings. The van der Waals surface area contributed by atoms with Gasteiger partial charge < -0.3 is 18.6 Å². The maximum absolute atomic E-state index is 7.02. The van der Waals surface area contributed by atoms with Crippen LogP contribution in [0.2, 0.25) is 0 Å². The maximum atomic E-state index is 7.02. The zero-order chi connectivity index (χ0) is 69.5. The number of benzene rings is 18.